The SMILES string of the molecule is CCCCCC/C=C/CC/C=C/CC/C=C/C(O)C(COC1OC(CO)C(OC2OC(CO)C(O)C(O)C2O)C(O)C1O)NC(=O)CCCCCCCCCCCCCCCCCCCCCCC/C=C\C/C=C\CCCCCCC. The van der Waals surface area contributed by atoms with Crippen molar-refractivity contribution in [2.75, 3.05) is 19.8 Å². The minimum Gasteiger partial charge on any atom is -0.394 e. The van der Waals surface area contributed by atoms with E-state index in [1.165, 1.54) is 180 Å². The number of aliphatic hydroxyl groups is 8. The van der Waals surface area contributed by atoms with Gasteiger partial charge in [0.25, 0.3) is 0 Å². The number of carbonyl (C=O) groups is 1. The smallest absolute Gasteiger partial charge is 0.220 e. The maximum absolute atomic E-state index is 13.3. The number of hydrogen-bond acceptors (Lipinski definition) is 13. The zero-order valence-corrected chi connectivity index (χ0v) is 51.0. The predicted octanol–water partition coefficient (Wildman–Crippen LogP) is 12.5. The predicted molar refractivity (Wildman–Crippen MR) is 327 cm³/mol. The van der Waals surface area contributed by atoms with E-state index in [-0.39, 0.29) is 18.9 Å². The van der Waals surface area contributed by atoms with Crippen molar-refractivity contribution >= 4 is 5.91 Å². The second-order valence-electron chi connectivity index (χ2n) is 23.2. The molecular formula is C67H121NO13. The van der Waals surface area contributed by atoms with E-state index in [0.29, 0.717) is 12.8 Å². The van der Waals surface area contributed by atoms with Gasteiger partial charge in [0, 0.05) is 6.42 Å². The molecule has 12 atom stereocenters. The normalized spacial score (nSPS) is 24.5. The topological polar surface area (TPSA) is 228 Å². The maximum atomic E-state index is 13.3. The lowest BCUT2D eigenvalue weighted by atomic mass is 9.97. The summed E-state index contributed by atoms with van der Waals surface area (Å²) in [6.07, 6.45) is 51.5. The molecule has 2 fully saturated rings. The number of unbranched alkanes of at least 4 members (excludes halogenated alkanes) is 32. The Morgan fingerprint density at radius 3 is 1.30 bits per heavy atom. The average molecular weight is 1150 g/mol. The Bertz CT molecular complexity index is 1590. The molecule has 12 unspecified atom stereocenters. The summed E-state index contributed by atoms with van der Waals surface area (Å²) in [4.78, 5) is 13.3. The molecule has 2 heterocycles. The molecule has 9 N–H and O–H groups in total. The van der Waals surface area contributed by atoms with Crippen LogP contribution in [0.15, 0.2) is 60.8 Å². The van der Waals surface area contributed by atoms with Crippen molar-refractivity contribution in [3.63, 3.8) is 0 Å². The lowest BCUT2D eigenvalue weighted by Gasteiger charge is -2.46. The number of allylic oxidation sites excluding steroid dienone is 9. The lowest BCUT2D eigenvalue weighted by Crippen LogP contribution is -2.65. The highest BCUT2D eigenvalue weighted by molar-refractivity contribution is 5.76. The molecule has 472 valence electrons. The van der Waals surface area contributed by atoms with Crippen LogP contribution in [0.1, 0.15) is 264 Å². The Labute approximate surface area is 492 Å². The van der Waals surface area contributed by atoms with Crippen LogP contribution in [0.25, 0.3) is 0 Å². The number of amides is 1. The van der Waals surface area contributed by atoms with Gasteiger partial charge in [-0.1, -0.05) is 242 Å². The Hall–Kier alpha value is -2.31. The number of rotatable bonds is 53. The van der Waals surface area contributed by atoms with Crippen molar-refractivity contribution in [1.29, 1.82) is 0 Å². The second kappa shape index (κ2) is 52.1. The van der Waals surface area contributed by atoms with Crippen LogP contribution in [-0.2, 0) is 23.7 Å². The third kappa shape index (κ3) is 37.0. The first-order valence-corrected chi connectivity index (χ1v) is 33.0. The number of hydrogen-bond donors (Lipinski definition) is 9. The molecule has 14 heteroatoms. The van der Waals surface area contributed by atoms with E-state index in [9.17, 15) is 45.6 Å². The third-order valence-corrected chi connectivity index (χ3v) is 15.9. The monoisotopic (exact) mass is 1150 g/mol. The van der Waals surface area contributed by atoms with Crippen molar-refractivity contribution in [2.24, 2.45) is 0 Å². The highest BCUT2D eigenvalue weighted by Gasteiger charge is 2.51. The fourth-order valence-electron chi connectivity index (χ4n) is 10.6. The van der Waals surface area contributed by atoms with Gasteiger partial charge in [-0.2, -0.15) is 0 Å². The van der Waals surface area contributed by atoms with Crippen LogP contribution >= 0.6 is 0 Å². The van der Waals surface area contributed by atoms with Gasteiger partial charge in [0.1, 0.15) is 48.8 Å². The molecule has 2 aliphatic heterocycles. The summed E-state index contributed by atoms with van der Waals surface area (Å²) < 4.78 is 22.8. The number of carbonyl (C=O) groups excluding carboxylic acids is 1. The molecule has 0 saturated carbocycles. The van der Waals surface area contributed by atoms with Crippen LogP contribution in [0, 0.1) is 0 Å². The number of aliphatic hydroxyl groups excluding tert-OH is 8. The van der Waals surface area contributed by atoms with E-state index < -0.39 is 86.8 Å². The van der Waals surface area contributed by atoms with Crippen LogP contribution in [-0.4, -0.2) is 140 Å². The molecule has 0 aromatic rings. The van der Waals surface area contributed by atoms with Crippen LogP contribution in [0.4, 0.5) is 0 Å². The van der Waals surface area contributed by atoms with Gasteiger partial charge < -0.3 is 65.1 Å². The molecular weight excluding hydrogens is 1030 g/mol. The highest BCUT2D eigenvalue weighted by atomic mass is 16.7. The third-order valence-electron chi connectivity index (χ3n) is 15.9. The first kappa shape index (κ1) is 74.8. The van der Waals surface area contributed by atoms with Crippen LogP contribution in [0.5, 0.6) is 0 Å². The van der Waals surface area contributed by atoms with Gasteiger partial charge in [-0.05, 0) is 77.0 Å². The van der Waals surface area contributed by atoms with E-state index in [4.69, 9.17) is 18.9 Å². The van der Waals surface area contributed by atoms with E-state index in [1.807, 2.05) is 6.08 Å². The Kier molecular flexibility index (Phi) is 48.1. The van der Waals surface area contributed by atoms with Crippen molar-refractivity contribution < 1.29 is 64.6 Å². The summed E-state index contributed by atoms with van der Waals surface area (Å²) in [5.74, 6) is -0.252. The molecule has 1 amide bonds. The molecule has 81 heavy (non-hydrogen) atoms. The first-order chi connectivity index (χ1) is 39.6. The van der Waals surface area contributed by atoms with Crippen molar-refractivity contribution in [3.8, 4) is 0 Å². The average Bonchev–Trinajstić information content (AvgIpc) is 3.63. The lowest BCUT2D eigenvalue weighted by molar-refractivity contribution is -0.359. The fraction of sp³-hybridized carbons (Fsp3) is 0.836. The molecule has 2 aliphatic rings. The Morgan fingerprint density at radius 2 is 0.827 bits per heavy atom. The van der Waals surface area contributed by atoms with Crippen LogP contribution < -0.4 is 5.32 Å². The maximum Gasteiger partial charge on any atom is 0.220 e. The minimum atomic E-state index is -1.79. The van der Waals surface area contributed by atoms with Crippen LogP contribution in [0.2, 0.25) is 0 Å². The number of ether oxygens (including phenoxy) is 4. The molecule has 0 aromatic carbocycles. The molecule has 2 rings (SSSR count). The van der Waals surface area contributed by atoms with Gasteiger partial charge in [0.2, 0.25) is 5.91 Å². The van der Waals surface area contributed by atoms with Crippen molar-refractivity contribution in [1.82, 2.24) is 5.32 Å². The Balaban J connectivity index is 1.63. The summed E-state index contributed by atoms with van der Waals surface area (Å²) in [5, 5.41) is 87.1. The summed E-state index contributed by atoms with van der Waals surface area (Å²) in [6, 6.07) is -0.938. The van der Waals surface area contributed by atoms with Crippen molar-refractivity contribution in [2.45, 2.75) is 338 Å². The largest absolute Gasteiger partial charge is 0.394 e. The molecule has 0 aromatic heterocycles. The molecule has 14 nitrogen and oxygen atoms in total. The van der Waals surface area contributed by atoms with Gasteiger partial charge in [-0.25, -0.2) is 0 Å². The molecule has 0 aliphatic carbocycles. The van der Waals surface area contributed by atoms with E-state index in [0.717, 1.165) is 51.4 Å². The van der Waals surface area contributed by atoms with Gasteiger partial charge in [0.15, 0.2) is 12.6 Å². The van der Waals surface area contributed by atoms with Gasteiger partial charge in [-0.3, -0.25) is 4.79 Å². The summed E-state index contributed by atoms with van der Waals surface area (Å²) in [6.45, 7) is 2.75. The zero-order chi connectivity index (χ0) is 58.8. The molecule has 2 saturated heterocycles. The van der Waals surface area contributed by atoms with Gasteiger partial charge in [-0.15, -0.1) is 0 Å². The highest BCUT2D eigenvalue weighted by Crippen LogP contribution is 2.30. The van der Waals surface area contributed by atoms with E-state index in [2.05, 4.69) is 67.8 Å². The quantitative estimate of drug-likeness (QED) is 0.0204. The summed E-state index contributed by atoms with van der Waals surface area (Å²) in [5.41, 5.74) is 0. The number of nitrogens with one attached hydrogen (secondary N) is 1. The summed E-state index contributed by atoms with van der Waals surface area (Å²) >= 11 is 0. The summed E-state index contributed by atoms with van der Waals surface area (Å²) in [7, 11) is 0. The zero-order valence-electron chi connectivity index (χ0n) is 51.0. The Morgan fingerprint density at radius 1 is 0.444 bits per heavy atom. The molecule has 0 spiro atoms. The first-order valence-electron chi connectivity index (χ1n) is 33.0. The van der Waals surface area contributed by atoms with E-state index in [1.54, 1.807) is 6.08 Å². The van der Waals surface area contributed by atoms with Gasteiger partial charge >= 0.3 is 0 Å². The second-order valence-corrected chi connectivity index (χ2v) is 23.2. The molecule has 0 radical (unpaired) electrons. The van der Waals surface area contributed by atoms with Crippen LogP contribution in [0.3, 0.4) is 0 Å². The van der Waals surface area contributed by atoms with Gasteiger partial charge in [0.05, 0.1) is 32.0 Å². The van der Waals surface area contributed by atoms with E-state index >= 15 is 0 Å². The molecule has 0 bridgehead atoms. The minimum absolute atomic E-state index is 0.252. The van der Waals surface area contributed by atoms with Crippen molar-refractivity contribution in [3.05, 3.63) is 60.8 Å². The standard InChI is InChI=1S/C67H121NO13/c1-3-5-7-9-11-13-15-17-19-20-21-22-23-24-25-26-27-28-29-30-31-32-33-34-35-36-37-39-41-43-45-47-49-51-59(72)68-55(56(71)50-48-46-44-42-40-38-18-16-14-12-10-8-6-4-2)54-78-66-64(77)62(75)65(58(53-70)80-66)81-67-63(76)61(74)60(73)57(52-69)79-67/h14-17,20-21,40,42,48,50,55-58,60-67,69-71,73-77H,3-13,18-19,22-39,41,43-47,49,51-54H2,1-2H3,(H,68,72)/b16-14+,17-15-,21-20-,42-40+,50-48+. The fourth-order valence-corrected chi connectivity index (χ4v) is 10.6.